The molecule has 2 aromatic heterocycles. The maximum atomic E-state index is 4.18. The van der Waals surface area contributed by atoms with Gasteiger partial charge in [0.25, 0.3) is 0 Å². The van der Waals surface area contributed by atoms with Crippen LogP contribution in [-0.4, -0.2) is 20.6 Å². The Kier molecular flexibility index (Phi) is 4.63. The van der Waals surface area contributed by atoms with Crippen LogP contribution in [0.2, 0.25) is 0 Å². The lowest BCUT2D eigenvalue weighted by Crippen LogP contribution is -1.90. The molecule has 0 aliphatic rings. The molecule has 0 saturated heterocycles. The second-order valence-corrected chi connectivity index (χ2v) is 7.16. The van der Waals surface area contributed by atoms with Gasteiger partial charge in [-0.1, -0.05) is 62.4 Å². The Morgan fingerprint density at radius 1 is 0.846 bits per heavy atom. The van der Waals surface area contributed by atoms with Crippen LogP contribution in [0.3, 0.4) is 0 Å². The summed E-state index contributed by atoms with van der Waals surface area (Å²) < 4.78 is 0. The Morgan fingerprint density at radius 2 is 1.50 bits per heavy atom. The molecule has 0 fully saturated rings. The number of aromatic nitrogens is 4. The first-order valence-corrected chi connectivity index (χ1v) is 9.67. The molecule has 0 aliphatic carbocycles. The Bertz CT molecular complexity index is 953. The average molecular weight is 360 g/mol. The molecule has 0 unspecified atom stereocenters. The van der Waals surface area contributed by atoms with Crippen molar-refractivity contribution in [3.05, 3.63) is 65.7 Å². The maximum absolute atomic E-state index is 4.18. The number of hydrogen-bond donors (Lipinski definition) is 1. The highest BCUT2D eigenvalue weighted by Gasteiger charge is 2.19. The van der Waals surface area contributed by atoms with Gasteiger partial charge in [-0.05, 0) is 46.4 Å². The minimum Gasteiger partial charge on any atom is -0.177 e. The van der Waals surface area contributed by atoms with Crippen molar-refractivity contribution in [1.29, 1.82) is 0 Å². The summed E-state index contributed by atoms with van der Waals surface area (Å²) in [5.74, 6) is 0.644. The molecule has 0 amide bonds. The molecular formula is C21H20N4S. The lowest BCUT2D eigenvalue weighted by molar-refractivity contribution is 0.881. The number of aryl methyl sites for hydroxylation is 2. The largest absolute Gasteiger partial charge is 0.214 e. The van der Waals surface area contributed by atoms with Crippen molar-refractivity contribution >= 4 is 11.3 Å². The second kappa shape index (κ2) is 7.22. The van der Waals surface area contributed by atoms with E-state index in [0.717, 1.165) is 17.7 Å². The van der Waals surface area contributed by atoms with Crippen LogP contribution in [-0.2, 0) is 12.8 Å². The van der Waals surface area contributed by atoms with E-state index in [2.05, 4.69) is 89.1 Å². The molecule has 1 N–H and O–H groups in total. The summed E-state index contributed by atoms with van der Waals surface area (Å²) in [5, 5.41) is 14.6. The van der Waals surface area contributed by atoms with Crippen molar-refractivity contribution in [2.75, 3.05) is 0 Å². The van der Waals surface area contributed by atoms with E-state index in [0.29, 0.717) is 5.82 Å². The molecule has 5 heteroatoms. The van der Waals surface area contributed by atoms with Crippen molar-refractivity contribution < 1.29 is 0 Å². The SMILES string of the molecule is CCc1ccccc1-c1cc(-c2nn[nH]n2)sc1-c1ccccc1CC. The smallest absolute Gasteiger partial charge is 0.177 e. The first-order chi connectivity index (χ1) is 12.8. The molecule has 0 spiro atoms. The highest BCUT2D eigenvalue weighted by Crippen LogP contribution is 2.44. The average Bonchev–Trinajstić information content (AvgIpc) is 3.37. The van der Waals surface area contributed by atoms with Gasteiger partial charge in [0.05, 0.1) is 4.88 Å². The van der Waals surface area contributed by atoms with Gasteiger partial charge in [-0.3, -0.25) is 0 Å². The standard InChI is InChI=1S/C21H20N4S/c1-3-14-9-5-7-11-16(14)18-13-19(21-22-24-25-23-21)26-20(18)17-12-8-6-10-15(17)4-2/h5-13H,3-4H2,1-2H3,(H,22,23,24,25). The van der Waals surface area contributed by atoms with Gasteiger partial charge in [0.2, 0.25) is 5.82 Å². The third-order valence-electron chi connectivity index (χ3n) is 4.63. The molecular weight excluding hydrogens is 340 g/mol. The van der Waals surface area contributed by atoms with Crippen LogP contribution in [0.4, 0.5) is 0 Å². The summed E-state index contributed by atoms with van der Waals surface area (Å²) in [4.78, 5) is 2.30. The van der Waals surface area contributed by atoms with Crippen molar-refractivity contribution in [3.8, 4) is 32.3 Å². The topological polar surface area (TPSA) is 54.5 Å². The van der Waals surface area contributed by atoms with Crippen LogP contribution in [0.25, 0.3) is 32.3 Å². The van der Waals surface area contributed by atoms with Crippen molar-refractivity contribution in [1.82, 2.24) is 20.6 Å². The van der Waals surface area contributed by atoms with Crippen LogP contribution >= 0.6 is 11.3 Å². The van der Waals surface area contributed by atoms with Crippen molar-refractivity contribution in [2.45, 2.75) is 26.7 Å². The fourth-order valence-electron chi connectivity index (χ4n) is 3.31. The van der Waals surface area contributed by atoms with Gasteiger partial charge >= 0.3 is 0 Å². The van der Waals surface area contributed by atoms with Gasteiger partial charge < -0.3 is 0 Å². The van der Waals surface area contributed by atoms with E-state index in [4.69, 9.17) is 0 Å². The van der Waals surface area contributed by atoms with Crippen molar-refractivity contribution in [3.63, 3.8) is 0 Å². The van der Waals surface area contributed by atoms with Crippen LogP contribution in [0.1, 0.15) is 25.0 Å². The van der Waals surface area contributed by atoms with E-state index in [9.17, 15) is 0 Å². The number of benzene rings is 2. The van der Waals surface area contributed by atoms with Crippen LogP contribution in [0.15, 0.2) is 54.6 Å². The van der Waals surface area contributed by atoms with Gasteiger partial charge in [-0.25, -0.2) is 0 Å². The fourth-order valence-corrected chi connectivity index (χ4v) is 4.47. The van der Waals surface area contributed by atoms with E-state index in [-0.39, 0.29) is 0 Å². The van der Waals surface area contributed by atoms with E-state index in [1.807, 2.05) is 0 Å². The summed E-state index contributed by atoms with van der Waals surface area (Å²) in [6.45, 7) is 4.40. The quantitative estimate of drug-likeness (QED) is 0.519. The number of hydrogen-bond acceptors (Lipinski definition) is 4. The summed E-state index contributed by atoms with van der Waals surface area (Å²) >= 11 is 1.73. The molecule has 2 heterocycles. The van der Waals surface area contributed by atoms with Gasteiger partial charge in [-0.2, -0.15) is 5.21 Å². The highest BCUT2D eigenvalue weighted by molar-refractivity contribution is 7.19. The zero-order valence-electron chi connectivity index (χ0n) is 14.9. The zero-order chi connectivity index (χ0) is 17.9. The minimum absolute atomic E-state index is 0.644. The van der Waals surface area contributed by atoms with Crippen LogP contribution in [0, 0.1) is 0 Å². The van der Waals surface area contributed by atoms with Gasteiger partial charge in [0, 0.05) is 10.4 Å². The Hall–Kier alpha value is -2.79. The molecule has 2 aromatic carbocycles. The number of aromatic amines is 1. The van der Waals surface area contributed by atoms with E-state index in [1.54, 1.807) is 11.3 Å². The molecule has 4 rings (SSSR count). The number of thiophene rings is 1. The predicted molar refractivity (Wildman–Crippen MR) is 107 cm³/mol. The Labute approximate surface area is 156 Å². The van der Waals surface area contributed by atoms with E-state index in [1.165, 1.54) is 32.7 Å². The number of H-pyrrole nitrogens is 1. The summed E-state index contributed by atoms with van der Waals surface area (Å²) in [6, 6.07) is 19.5. The molecule has 26 heavy (non-hydrogen) atoms. The first-order valence-electron chi connectivity index (χ1n) is 8.86. The molecule has 4 aromatic rings. The molecule has 130 valence electrons. The molecule has 0 saturated carbocycles. The maximum Gasteiger partial charge on any atom is 0.214 e. The van der Waals surface area contributed by atoms with E-state index < -0.39 is 0 Å². The number of nitrogens with one attached hydrogen (secondary N) is 1. The Morgan fingerprint density at radius 3 is 2.15 bits per heavy atom. The van der Waals surface area contributed by atoms with E-state index >= 15 is 0 Å². The van der Waals surface area contributed by atoms with Crippen LogP contribution < -0.4 is 0 Å². The predicted octanol–water partition coefficient (Wildman–Crippen LogP) is 5.39. The third-order valence-corrected chi connectivity index (χ3v) is 5.79. The Balaban J connectivity index is 1.98. The zero-order valence-corrected chi connectivity index (χ0v) is 15.7. The molecule has 0 atom stereocenters. The number of rotatable bonds is 5. The third kappa shape index (κ3) is 2.95. The highest BCUT2D eigenvalue weighted by atomic mass is 32.1. The lowest BCUT2D eigenvalue weighted by Gasteiger charge is -2.11. The van der Waals surface area contributed by atoms with Crippen molar-refractivity contribution in [2.24, 2.45) is 0 Å². The van der Waals surface area contributed by atoms with Crippen LogP contribution in [0.5, 0.6) is 0 Å². The fraction of sp³-hybridized carbons (Fsp3) is 0.190. The lowest BCUT2D eigenvalue weighted by atomic mass is 9.94. The van der Waals surface area contributed by atoms with Gasteiger partial charge in [-0.15, -0.1) is 21.5 Å². The summed E-state index contributed by atoms with van der Waals surface area (Å²) in [7, 11) is 0. The monoisotopic (exact) mass is 360 g/mol. The molecule has 0 radical (unpaired) electrons. The summed E-state index contributed by atoms with van der Waals surface area (Å²) in [5.41, 5.74) is 6.51. The normalized spacial score (nSPS) is 11.0. The molecule has 4 nitrogen and oxygen atoms in total. The summed E-state index contributed by atoms with van der Waals surface area (Å²) in [6.07, 6.45) is 2.00. The minimum atomic E-state index is 0.644. The molecule has 0 bridgehead atoms. The number of tetrazole rings is 1. The van der Waals surface area contributed by atoms with Gasteiger partial charge in [0.15, 0.2) is 0 Å². The first kappa shape index (κ1) is 16.7. The van der Waals surface area contributed by atoms with Gasteiger partial charge in [0.1, 0.15) is 0 Å². The molecule has 0 aliphatic heterocycles. The second-order valence-electron chi connectivity index (χ2n) is 6.11. The number of nitrogens with zero attached hydrogens (tertiary/aromatic N) is 3.